The van der Waals surface area contributed by atoms with Gasteiger partial charge in [0.1, 0.15) is 0 Å². The summed E-state index contributed by atoms with van der Waals surface area (Å²) in [5.74, 6) is 2.47. The van der Waals surface area contributed by atoms with Gasteiger partial charge in [-0.05, 0) is 56.3 Å². The van der Waals surface area contributed by atoms with Gasteiger partial charge in [-0.15, -0.1) is 0 Å². The molecule has 1 N–H and O–H groups in total. The van der Waals surface area contributed by atoms with Crippen molar-refractivity contribution in [3.8, 4) is 0 Å². The molecule has 2 aliphatic rings. The standard InChI is InChI=1S/C22H44N2/c1-19(2)17-21-13-9-5-6-10-14-22(21,18-20(3)4)24-16-12-8-7-11-15-23-24/h19-21,23H,5-18H2,1-4H3. The molecule has 0 radical (unpaired) electrons. The van der Waals surface area contributed by atoms with Gasteiger partial charge in [-0.2, -0.15) is 0 Å². The van der Waals surface area contributed by atoms with Crippen LogP contribution in [0.1, 0.15) is 105 Å². The van der Waals surface area contributed by atoms with E-state index in [-0.39, 0.29) is 0 Å². The van der Waals surface area contributed by atoms with Crippen LogP contribution in [0.15, 0.2) is 0 Å². The summed E-state index contributed by atoms with van der Waals surface area (Å²) in [6.07, 6.45) is 17.0. The molecular weight excluding hydrogens is 292 g/mol. The molecule has 1 saturated heterocycles. The van der Waals surface area contributed by atoms with Gasteiger partial charge >= 0.3 is 0 Å². The summed E-state index contributed by atoms with van der Waals surface area (Å²) in [5.41, 5.74) is 4.32. The Morgan fingerprint density at radius 3 is 2.33 bits per heavy atom. The van der Waals surface area contributed by atoms with Crippen molar-refractivity contribution in [3.05, 3.63) is 0 Å². The number of hydrazine groups is 1. The van der Waals surface area contributed by atoms with Crippen LogP contribution in [0, 0.1) is 17.8 Å². The van der Waals surface area contributed by atoms with Gasteiger partial charge in [0, 0.05) is 18.6 Å². The van der Waals surface area contributed by atoms with Crippen molar-refractivity contribution in [2.75, 3.05) is 13.1 Å². The normalized spacial score (nSPS) is 31.5. The van der Waals surface area contributed by atoms with Crippen LogP contribution in [-0.2, 0) is 0 Å². The zero-order valence-electron chi connectivity index (χ0n) is 17.1. The Kier molecular flexibility index (Phi) is 8.57. The number of rotatable bonds is 5. The molecule has 0 spiro atoms. The van der Waals surface area contributed by atoms with Gasteiger partial charge < -0.3 is 0 Å². The summed E-state index contributed by atoms with van der Waals surface area (Å²) < 4.78 is 0. The van der Waals surface area contributed by atoms with Gasteiger partial charge in [0.2, 0.25) is 0 Å². The Labute approximate surface area is 152 Å². The van der Waals surface area contributed by atoms with Gasteiger partial charge in [-0.3, -0.25) is 5.43 Å². The average molecular weight is 337 g/mol. The molecule has 2 nitrogen and oxygen atoms in total. The van der Waals surface area contributed by atoms with Crippen LogP contribution in [0.25, 0.3) is 0 Å². The van der Waals surface area contributed by atoms with E-state index in [0.29, 0.717) is 5.54 Å². The van der Waals surface area contributed by atoms with Gasteiger partial charge in [0.15, 0.2) is 0 Å². The molecule has 24 heavy (non-hydrogen) atoms. The summed E-state index contributed by atoms with van der Waals surface area (Å²) >= 11 is 0. The Balaban J connectivity index is 2.29. The molecule has 0 aromatic carbocycles. The highest BCUT2D eigenvalue weighted by Crippen LogP contribution is 2.43. The molecule has 1 heterocycles. The highest BCUT2D eigenvalue weighted by atomic mass is 15.5. The lowest BCUT2D eigenvalue weighted by Gasteiger charge is -2.52. The zero-order valence-corrected chi connectivity index (χ0v) is 17.1. The molecule has 0 aromatic heterocycles. The lowest BCUT2D eigenvalue weighted by molar-refractivity contribution is -0.0523. The van der Waals surface area contributed by atoms with Crippen LogP contribution >= 0.6 is 0 Å². The van der Waals surface area contributed by atoms with E-state index in [0.717, 1.165) is 17.8 Å². The fourth-order valence-electron chi connectivity index (χ4n) is 5.42. The summed E-state index contributed by atoms with van der Waals surface area (Å²) in [4.78, 5) is 0. The number of nitrogens with zero attached hydrogens (tertiary/aromatic N) is 1. The maximum absolute atomic E-state index is 3.92. The first-order valence-electron chi connectivity index (χ1n) is 11.1. The first-order chi connectivity index (χ1) is 11.5. The van der Waals surface area contributed by atoms with Gasteiger partial charge in [0.25, 0.3) is 0 Å². The minimum atomic E-state index is 0.399. The third-order valence-electron chi connectivity index (χ3n) is 6.34. The molecular formula is C22H44N2. The van der Waals surface area contributed by atoms with E-state index in [1.165, 1.54) is 90.1 Å². The zero-order chi connectivity index (χ0) is 17.4. The van der Waals surface area contributed by atoms with E-state index < -0.39 is 0 Å². The van der Waals surface area contributed by atoms with Crippen molar-refractivity contribution in [2.24, 2.45) is 17.8 Å². The van der Waals surface area contributed by atoms with Crippen molar-refractivity contribution in [3.63, 3.8) is 0 Å². The Bertz CT molecular complexity index is 331. The monoisotopic (exact) mass is 336 g/mol. The molecule has 142 valence electrons. The lowest BCUT2D eigenvalue weighted by atomic mass is 9.67. The molecule has 0 amide bonds. The van der Waals surface area contributed by atoms with Crippen LogP contribution in [0.2, 0.25) is 0 Å². The van der Waals surface area contributed by atoms with Crippen molar-refractivity contribution in [2.45, 2.75) is 110 Å². The molecule has 1 aliphatic carbocycles. The SMILES string of the molecule is CC(C)CC1CCCCCCC1(CC(C)C)N1CCCCCCN1. The first kappa shape index (κ1) is 20.2. The van der Waals surface area contributed by atoms with Crippen molar-refractivity contribution in [1.29, 1.82) is 0 Å². The van der Waals surface area contributed by atoms with Gasteiger partial charge in [-0.1, -0.05) is 66.2 Å². The molecule has 1 aliphatic heterocycles. The Hall–Kier alpha value is -0.0800. The molecule has 2 rings (SSSR count). The maximum Gasteiger partial charge on any atom is 0.0384 e. The minimum absolute atomic E-state index is 0.399. The average Bonchev–Trinajstić information content (AvgIpc) is 2.45. The highest BCUT2D eigenvalue weighted by molar-refractivity contribution is 4.97. The molecule has 2 atom stereocenters. The lowest BCUT2D eigenvalue weighted by Crippen LogP contribution is -2.61. The fourth-order valence-corrected chi connectivity index (χ4v) is 5.42. The van der Waals surface area contributed by atoms with Crippen LogP contribution < -0.4 is 5.43 Å². The number of hydrogen-bond donors (Lipinski definition) is 1. The van der Waals surface area contributed by atoms with Crippen LogP contribution in [0.3, 0.4) is 0 Å². The van der Waals surface area contributed by atoms with Crippen molar-refractivity contribution >= 4 is 0 Å². The molecule has 0 aromatic rings. The van der Waals surface area contributed by atoms with Crippen molar-refractivity contribution < 1.29 is 0 Å². The van der Waals surface area contributed by atoms with Crippen LogP contribution in [0.4, 0.5) is 0 Å². The largest absolute Gasteiger partial charge is 0.255 e. The van der Waals surface area contributed by atoms with Crippen LogP contribution in [0.5, 0.6) is 0 Å². The fraction of sp³-hybridized carbons (Fsp3) is 1.00. The van der Waals surface area contributed by atoms with Crippen LogP contribution in [-0.4, -0.2) is 23.6 Å². The second-order valence-corrected chi connectivity index (χ2v) is 9.45. The minimum Gasteiger partial charge on any atom is -0.255 e. The quantitative estimate of drug-likeness (QED) is 0.646. The predicted molar refractivity (Wildman–Crippen MR) is 106 cm³/mol. The smallest absolute Gasteiger partial charge is 0.0384 e. The third kappa shape index (κ3) is 5.73. The predicted octanol–water partition coefficient (Wildman–Crippen LogP) is 6.17. The molecule has 0 bridgehead atoms. The van der Waals surface area contributed by atoms with Gasteiger partial charge in [-0.25, -0.2) is 5.01 Å². The highest BCUT2D eigenvalue weighted by Gasteiger charge is 2.44. The van der Waals surface area contributed by atoms with E-state index in [2.05, 4.69) is 38.1 Å². The summed E-state index contributed by atoms with van der Waals surface area (Å²) in [6.45, 7) is 12.2. The summed E-state index contributed by atoms with van der Waals surface area (Å²) in [5, 5.41) is 2.78. The molecule has 2 fully saturated rings. The summed E-state index contributed by atoms with van der Waals surface area (Å²) in [7, 11) is 0. The second kappa shape index (κ2) is 10.2. The number of hydrogen-bond acceptors (Lipinski definition) is 2. The van der Waals surface area contributed by atoms with E-state index in [1.54, 1.807) is 0 Å². The Morgan fingerprint density at radius 1 is 0.875 bits per heavy atom. The Morgan fingerprint density at radius 2 is 1.58 bits per heavy atom. The van der Waals surface area contributed by atoms with E-state index in [9.17, 15) is 0 Å². The first-order valence-corrected chi connectivity index (χ1v) is 11.1. The maximum atomic E-state index is 3.92. The van der Waals surface area contributed by atoms with E-state index >= 15 is 0 Å². The van der Waals surface area contributed by atoms with Gasteiger partial charge in [0.05, 0.1) is 0 Å². The van der Waals surface area contributed by atoms with Crippen molar-refractivity contribution in [1.82, 2.24) is 10.4 Å². The topological polar surface area (TPSA) is 15.3 Å². The molecule has 2 heteroatoms. The van der Waals surface area contributed by atoms with E-state index in [4.69, 9.17) is 0 Å². The molecule has 1 saturated carbocycles. The van der Waals surface area contributed by atoms with E-state index in [1.807, 2.05) is 0 Å². The summed E-state index contributed by atoms with van der Waals surface area (Å²) in [6, 6.07) is 0. The third-order valence-corrected chi connectivity index (χ3v) is 6.34. The number of nitrogens with one attached hydrogen (secondary N) is 1. The molecule has 2 unspecified atom stereocenters. The second-order valence-electron chi connectivity index (χ2n) is 9.45.